The van der Waals surface area contributed by atoms with Crippen LogP contribution in [0.1, 0.15) is 32.3 Å². The van der Waals surface area contributed by atoms with E-state index in [1.54, 1.807) is 19.2 Å². The monoisotopic (exact) mass is 340 g/mol. The Morgan fingerprint density at radius 2 is 2.00 bits per heavy atom. The smallest absolute Gasteiger partial charge is 0.240 e. The highest BCUT2D eigenvalue weighted by Gasteiger charge is 2.34. The highest BCUT2D eigenvalue weighted by atomic mass is 32.2. The first-order chi connectivity index (χ1) is 10.9. The molecule has 1 aromatic carbocycles. The van der Waals surface area contributed by atoms with Gasteiger partial charge in [-0.1, -0.05) is 26.0 Å². The summed E-state index contributed by atoms with van der Waals surface area (Å²) in [5.41, 5.74) is 0.867. The minimum atomic E-state index is -3.49. The molecule has 130 valence electrons. The SMILES string of the molecule is COCC1(CNS(=O)(=O)c2ccc(CC(C)C)cc2)CCCN1. The van der Waals surface area contributed by atoms with Crippen molar-refractivity contribution in [1.29, 1.82) is 0 Å². The molecule has 0 aliphatic carbocycles. The molecule has 2 N–H and O–H groups in total. The van der Waals surface area contributed by atoms with Crippen LogP contribution in [0.15, 0.2) is 29.2 Å². The molecule has 2 rings (SSSR count). The van der Waals surface area contributed by atoms with Gasteiger partial charge in [0.2, 0.25) is 10.0 Å². The van der Waals surface area contributed by atoms with E-state index in [0.717, 1.165) is 31.4 Å². The fraction of sp³-hybridized carbons (Fsp3) is 0.647. The van der Waals surface area contributed by atoms with Crippen molar-refractivity contribution in [1.82, 2.24) is 10.0 Å². The predicted octanol–water partition coefficient (Wildman–Crippen LogP) is 1.93. The summed E-state index contributed by atoms with van der Waals surface area (Å²) in [6.07, 6.45) is 2.90. The Morgan fingerprint density at radius 1 is 1.30 bits per heavy atom. The van der Waals surface area contributed by atoms with Crippen LogP contribution in [0.3, 0.4) is 0 Å². The lowest BCUT2D eigenvalue weighted by Crippen LogP contribution is -2.52. The maximum absolute atomic E-state index is 12.5. The molecule has 1 saturated heterocycles. The third-order valence-corrected chi connectivity index (χ3v) is 5.65. The van der Waals surface area contributed by atoms with Gasteiger partial charge in [-0.2, -0.15) is 0 Å². The van der Waals surface area contributed by atoms with Gasteiger partial charge in [-0.05, 0) is 49.4 Å². The highest BCUT2D eigenvalue weighted by molar-refractivity contribution is 7.89. The zero-order valence-corrected chi connectivity index (χ0v) is 15.1. The van der Waals surface area contributed by atoms with E-state index >= 15 is 0 Å². The molecule has 5 nitrogen and oxygen atoms in total. The molecule has 0 bridgehead atoms. The van der Waals surface area contributed by atoms with Crippen molar-refractivity contribution in [3.63, 3.8) is 0 Å². The fourth-order valence-electron chi connectivity index (χ4n) is 3.06. The number of hydrogen-bond acceptors (Lipinski definition) is 4. The van der Waals surface area contributed by atoms with E-state index < -0.39 is 10.0 Å². The van der Waals surface area contributed by atoms with Gasteiger partial charge in [0.25, 0.3) is 0 Å². The average molecular weight is 340 g/mol. The highest BCUT2D eigenvalue weighted by Crippen LogP contribution is 2.20. The molecule has 1 fully saturated rings. The van der Waals surface area contributed by atoms with Crippen LogP contribution in [0, 0.1) is 5.92 Å². The van der Waals surface area contributed by atoms with Crippen molar-refractivity contribution in [2.75, 3.05) is 26.8 Å². The average Bonchev–Trinajstić information content (AvgIpc) is 2.95. The van der Waals surface area contributed by atoms with Crippen molar-refractivity contribution in [3.05, 3.63) is 29.8 Å². The Hall–Kier alpha value is -0.950. The lowest BCUT2D eigenvalue weighted by Gasteiger charge is -2.28. The Bertz CT molecular complexity index is 591. The molecule has 1 unspecified atom stereocenters. The molecular formula is C17H28N2O3S. The summed E-state index contributed by atoms with van der Waals surface area (Å²) in [6.45, 7) is 6.04. The quantitative estimate of drug-likeness (QED) is 0.759. The van der Waals surface area contributed by atoms with Crippen LogP contribution < -0.4 is 10.0 Å². The second-order valence-electron chi connectivity index (χ2n) is 6.81. The molecule has 1 heterocycles. The molecule has 0 saturated carbocycles. The van der Waals surface area contributed by atoms with Gasteiger partial charge in [-0.25, -0.2) is 13.1 Å². The number of benzene rings is 1. The van der Waals surface area contributed by atoms with Gasteiger partial charge < -0.3 is 10.1 Å². The van der Waals surface area contributed by atoms with E-state index in [9.17, 15) is 8.42 Å². The van der Waals surface area contributed by atoms with Crippen LogP contribution in [0.4, 0.5) is 0 Å². The van der Waals surface area contributed by atoms with Crippen molar-refractivity contribution in [3.8, 4) is 0 Å². The van der Waals surface area contributed by atoms with Crippen LogP contribution in [-0.4, -0.2) is 40.8 Å². The van der Waals surface area contributed by atoms with E-state index in [0.29, 0.717) is 24.0 Å². The van der Waals surface area contributed by atoms with Crippen molar-refractivity contribution in [2.24, 2.45) is 5.92 Å². The normalized spacial score (nSPS) is 21.9. The standard InChI is InChI=1S/C17H28N2O3S/c1-14(2)11-15-5-7-16(8-6-15)23(20,21)19-12-17(13-22-3)9-4-10-18-17/h5-8,14,18-19H,4,9-13H2,1-3H3. The van der Waals surface area contributed by atoms with Gasteiger partial charge in [0.05, 0.1) is 17.0 Å². The molecule has 1 aromatic rings. The molecule has 1 aliphatic rings. The number of hydrogen-bond donors (Lipinski definition) is 2. The summed E-state index contributed by atoms with van der Waals surface area (Å²) in [4.78, 5) is 0.315. The zero-order chi connectivity index (χ0) is 16.9. The summed E-state index contributed by atoms with van der Waals surface area (Å²) in [6, 6.07) is 7.16. The zero-order valence-electron chi connectivity index (χ0n) is 14.3. The van der Waals surface area contributed by atoms with Gasteiger partial charge in [-0.15, -0.1) is 0 Å². The van der Waals surface area contributed by atoms with Crippen LogP contribution in [-0.2, 0) is 21.2 Å². The fourth-order valence-corrected chi connectivity index (χ4v) is 4.19. The van der Waals surface area contributed by atoms with Gasteiger partial charge >= 0.3 is 0 Å². The Kier molecular flexibility index (Phi) is 6.19. The molecule has 1 aliphatic heterocycles. The summed E-state index contributed by atoms with van der Waals surface area (Å²) >= 11 is 0. The number of ether oxygens (including phenoxy) is 1. The molecule has 1 atom stereocenters. The Balaban J connectivity index is 2.03. The largest absolute Gasteiger partial charge is 0.383 e. The van der Waals surface area contributed by atoms with Gasteiger partial charge in [0, 0.05) is 13.7 Å². The van der Waals surface area contributed by atoms with E-state index in [-0.39, 0.29) is 5.54 Å². The second kappa shape index (κ2) is 7.75. The Labute approximate surface area is 139 Å². The second-order valence-corrected chi connectivity index (χ2v) is 8.58. The Morgan fingerprint density at radius 3 is 2.52 bits per heavy atom. The van der Waals surface area contributed by atoms with Crippen LogP contribution in [0.5, 0.6) is 0 Å². The third-order valence-electron chi connectivity index (χ3n) is 4.23. The summed E-state index contributed by atoms with van der Waals surface area (Å²) in [7, 11) is -1.85. The van der Waals surface area contributed by atoms with Gasteiger partial charge in [0.1, 0.15) is 0 Å². The minimum Gasteiger partial charge on any atom is -0.383 e. The molecule has 0 amide bonds. The first-order valence-electron chi connectivity index (χ1n) is 8.19. The summed E-state index contributed by atoms with van der Waals surface area (Å²) < 4.78 is 33.0. The molecular weight excluding hydrogens is 312 g/mol. The van der Waals surface area contributed by atoms with E-state index in [1.165, 1.54) is 0 Å². The van der Waals surface area contributed by atoms with Crippen molar-refractivity contribution >= 4 is 10.0 Å². The van der Waals surface area contributed by atoms with E-state index in [1.807, 2.05) is 12.1 Å². The minimum absolute atomic E-state index is 0.292. The molecule has 0 aromatic heterocycles. The lowest BCUT2D eigenvalue weighted by molar-refractivity contribution is 0.122. The molecule has 6 heteroatoms. The summed E-state index contributed by atoms with van der Waals surface area (Å²) in [5.74, 6) is 0.554. The topological polar surface area (TPSA) is 67.4 Å². The molecule has 0 spiro atoms. The first-order valence-corrected chi connectivity index (χ1v) is 9.68. The predicted molar refractivity (Wildman–Crippen MR) is 92.0 cm³/mol. The maximum Gasteiger partial charge on any atom is 0.240 e. The lowest BCUT2D eigenvalue weighted by atomic mass is 9.99. The third kappa shape index (κ3) is 5.01. The van der Waals surface area contributed by atoms with Crippen LogP contribution in [0.2, 0.25) is 0 Å². The van der Waals surface area contributed by atoms with Crippen molar-refractivity contribution < 1.29 is 13.2 Å². The van der Waals surface area contributed by atoms with Gasteiger partial charge in [0.15, 0.2) is 0 Å². The first kappa shape index (κ1) is 18.4. The number of sulfonamides is 1. The summed E-state index contributed by atoms with van der Waals surface area (Å²) in [5, 5.41) is 3.37. The molecule has 23 heavy (non-hydrogen) atoms. The number of methoxy groups -OCH3 is 1. The number of nitrogens with one attached hydrogen (secondary N) is 2. The van der Waals surface area contributed by atoms with Gasteiger partial charge in [-0.3, -0.25) is 0 Å². The van der Waals surface area contributed by atoms with Crippen molar-refractivity contribution in [2.45, 2.75) is 43.5 Å². The van der Waals surface area contributed by atoms with Crippen LogP contribution >= 0.6 is 0 Å². The van der Waals surface area contributed by atoms with E-state index in [2.05, 4.69) is 23.9 Å². The molecule has 0 radical (unpaired) electrons. The number of rotatable bonds is 8. The van der Waals surface area contributed by atoms with Crippen LogP contribution in [0.25, 0.3) is 0 Å². The maximum atomic E-state index is 12.5. The van der Waals surface area contributed by atoms with E-state index in [4.69, 9.17) is 4.74 Å².